The predicted molar refractivity (Wildman–Crippen MR) is 143 cm³/mol. The molecule has 2 aromatic carbocycles. The van der Waals surface area contributed by atoms with Crippen LogP contribution in [0.25, 0.3) is 17.1 Å². The largest absolute Gasteiger partial charge is 0.374 e. The van der Waals surface area contributed by atoms with Crippen LogP contribution >= 0.6 is 0 Å². The lowest BCUT2D eigenvalue weighted by molar-refractivity contribution is 0.313. The third kappa shape index (κ3) is 4.20. The van der Waals surface area contributed by atoms with Gasteiger partial charge in [0.2, 0.25) is 11.9 Å². The average Bonchev–Trinajstić information content (AvgIpc) is 3.20. The van der Waals surface area contributed by atoms with E-state index >= 15 is 0 Å². The van der Waals surface area contributed by atoms with E-state index < -0.39 is 0 Å². The fraction of sp³-hybridized carbons (Fsp3) is 0.308. The Kier molecular flexibility index (Phi) is 5.65. The van der Waals surface area contributed by atoms with Crippen LogP contribution in [0.3, 0.4) is 0 Å². The van der Waals surface area contributed by atoms with Crippen molar-refractivity contribution in [1.82, 2.24) is 29.9 Å². The van der Waals surface area contributed by atoms with Gasteiger partial charge in [-0.25, -0.2) is 0 Å². The van der Waals surface area contributed by atoms with E-state index in [1.165, 1.54) is 10.4 Å². The molecule has 0 amide bonds. The summed E-state index contributed by atoms with van der Waals surface area (Å²) in [5.41, 5.74) is 12.6. The quantitative estimate of drug-likeness (QED) is 0.454. The molecule has 10 nitrogen and oxygen atoms in total. The average molecular weight is 483 g/mol. The number of nitrogens with two attached hydrogens (primary N) is 1. The molecule has 1 saturated heterocycles. The molecular weight excluding hydrogens is 452 g/mol. The van der Waals surface area contributed by atoms with Crippen molar-refractivity contribution >= 4 is 29.0 Å². The molecule has 0 radical (unpaired) electrons. The molecule has 10 heteroatoms. The van der Waals surface area contributed by atoms with Crippen LogP contribution in [0.4, 0.5) is 29.0 Å². The lowest BCUT2D eigenvalue weighted by Crippen LogP contribution is -2.44. The minimum absolute atomic E-state index is 0.256. The molecule has 0 atom stereocenters. The van der Waals surface area contributed by atoms with Crippen molar-refractivity contribution in [3.05, 3.63) is 60.2 Å². The predicted octanol–water partition coefficient (Wildman–Crippen LogP) is 2.79. The molecule has 0 saturated carbocycles. The molecule has 0 spiro atoms. The zero-order chi connectivity index (χ0) is 24.6. The fourth-order valence-corrected chi connectivity index (χ4v) is 4.85. The molecule has 1 fully saturated rings. The molecule has 2 aromatic heterocycles. The second-order valence-corrected chi connectivity index (χ2v) is 9.43. The van der Waals surface area contributed by atoms with Crippen molar-refractivity contribution in [2.45, 2.75) is 6.42 Å². The number of hydrogen-bond donors (Lipinski definition) is 2. The van der Waals surface area contributed by atoms with E-state index in [1.807, 2.05) is 30.3 Å². The smallest absolute Gasteiger partial charge is 0.248 e. The molecule has 0 bridgehead atoms. The van der Waals surface area contributed by atoms with Crippen molar-refractivity contribution < 1.29 is 0 Å². The van der Waals surface area contributed by atoms with Gasteiger partial charge < -0.3 is 25.8 Å². The lowest BCUT2D eigenvalue weighted by atomic mass is 10.0. The first-order chi connectivity index (χ1) is 17.5. The van der Waals surface area contributed by atoms with Gasteiger partial charge in [-0.3, -0.25) is 0 Å². The van der Waals surface area contributed by atoms with E-state index in [4.69, 9.17) is 5.73 Å². The van der Waals surface area contributed by atoms with E-state index in [0.29, 0.717) is 11.8 Å². The van der Waals surface area contributed by atoms with Gasteiger partial charge in [-0.05, 0) is 55.4 Å². The number of benzene rings is 2. The van der Waals surface area contributed by atoms with Gasteiger partial charge in [-0.15, -0.1) is 15.3 Å². The molecule has 2 aliphatic rings. The minimum atomic E-state index is 0.256. The summed E-state index contributed by atoms with van der Waals surface area (Å²) in [4.78, 5) is 11.4. The van der Waals surface area contributed by atoms with Crippen LogP contribution < -0.4 is 20.9 Å². The topological polar surface area (TPSA) is 104 Å². The maximum Gasteiger partial charge on any atom is 0.248 e. The molecule has 36 heavy (non-hydrogen) atoms. The van der Waals surface area contributed by atoms with Gasteiger partial charge >= 0.3 is 0 Å². The summed E-state index contributed by atoms with van der Waals surface area (Å²) >= 11 is 0. The molecule has 184 valence electrons. The fourth-order valence-electron chi connectivity index (χ4n) is 4.85. The summed E-state index contributed by atoms with van der Waals surface area (Å²) < 4.78 is 1.54. The summed E-state index contributed by atoms with van der Waals surface area (Å²) in [5.74, 6) is 1.23. The van der Waals surface area contributed by atoms with Gasteiger partial charge in [0.1, 0.15) is 0 Å². The lowest BCUT2D eigenvalue weighted by Gasteiger charge is -2.34. The summed E-state index contributed by atoms with van der Waals surface area (Å²) in [6.07, 6.45) is 0.850. The van der Waals surface area contributed by atoms with E-state index in [0.717, 1.165) is 67.3 Å². The van der Waals surface area contributed by atoms with Crippen LogP contribution in [0.2, 0.25) is 0 Å². The Morgan fingerprint density at radius 1 is 0.889 bits per heavy atom. The van der Waals surface area contributed by atoms with Crippen LogP contribution in [0.1, 0.15) is 5.56 Å². The maximum absolute atomic E-state index is 6.23. The third-order valence-corrected chi connectivity index (χ3v) is 6.99. The number of nitrogen functional groups attached to an aromatic ring is 1. The Labute approximate surface area is 210 Å². The molecular formula is C26H30N10. The summed E-state index contributed by atoms with van der Waals surface area (Å²) in [6.45, 7) is 5.12. The monoisotopic (exact) mass is 482 g/mol. The summed E-state index contributed by atoms with van der Waals surface area (Å²) in [6, 6.07) is 18.6. The first-order valence-electron chi connectivity index (χ1n) is 12.3. The normalized spacial score (nSPS) is 15.8. The number of aromatic nitrogens is 5. The second kappa shape index (κ2) is 9.12. The number of rotatable bonds is 4. The van der Waals surface area contributed by atoms with E-state index in [-0.39, 0.29) is 5.95 Å². The van der Waals surface area contributed by atoms with Gasteiger partial charge in [-0.2, -0.15) is 9.67 Å². The SMILES string of the molecule is CN1CCN(c2ccc(Nc3nc(N)n(-c4cc5c(nn4)-c4ccccc4N(C)CC5)n3)cc2)CC1. The van der Waals surface area contributed by atoms with E-state index in [1.54, 1.807) is 0 Å². The zero-order valence-corrected chi connectivity index (χ0v) is 20.6. The highest BCUT2D eigenvalue weighted by atomic mass is 15.4. The van der Waals surface area contributed by atoms with Crippen LogP contribution in [0, 0.1) is 0 Å². The molecule has 4 heterocycles. The third-order valence-electron chi connectivity index (χ3n) is 6.99. The second-order valence-electron chi connectivity index (χ2n) is 9.43. The molecule has 6 rings (SSSR count). The van der Waals surface area contributed by atoms with E-state index in [2.05, 4.69) is 78.7 Å². The van der Waals surface area contributed by atoms with Crippen molar-refractivity contribution in [2.75, 3.05) is 67.7 Å². The van der Waals surface area contributed by atoms with Crippen LogP contribution in [0.5, 0.6) is 0 Å². The Bertz CT molecular complexity index is 1370. The molecule has 3 N–H and O–H groups in total. The molecule has 0 aliphatic carbocycles. The van der Waals surface area contributed by atoms with Crippen LogP contribution in [-0.2, 0) is 6.42 Å². The van der Waals surface area contributed by atoms with Gasteiger partial charge in [0.25, 0.3) is 0 Å². The number of fused-ring (bicyclic) bond motifs is 3. The van der Waals surface area contributed by atoms with Crippen molar-refractivity contribution in [2.24, 2.45) is 0 Å². The highest BCUT2D eigenvalue weighted by Gasteiger charge is 2.21. The summed E-state index contributed by atoms with van der Waals surface area (Å²) in [5, 5.41) is 16.9. The highest BCUT2D eigenvalue weighted by molar-refractivity contribution is 5.79. The Morgan fingerprint density at radius 2 is 1.67 bits per heavy atom. The van der Waals surface area contributed by atoms with Crippen molar-refractivity contribution in [3.8, 4) is 17.1 Å². The van der Waals surface area contributed by atoms with Crippen molar-refractivity contribution in [1.29, 1.82) is 0 Å². The van der Waals surface area contributed by atoms with Crippen molar-refractivity contribution in [3.63, 3.8) is 0 Å². The zero-order valence-electron chi connectivity index (χ0n) is 20.6. The number of nitrogens with one attached hydrogen (secondary N) is 1. The molecule has 4 aromatic rings. The molecule has 0 unspecified atom stereocenters. The Balaban J connectivity index is 1.22. The molecule has 2 aliphatic heterocycles. The van der Waals surface area contributed by atoms with E-state index in [9.17, 15) is 0 Å². The first-order valence-corrected chi connectivity index (χ1v) is 12.3. The number of piperazine rings is 1. The van der Waals surface area contributed by atoms with Gasteiger partial charge in [0.05, 0.1) is 5.69 Å². The Hall–Kier alpha value is -4.18. The minimum Gasteiger partial charge on any atom is -0.374 e. The van der Waals surface area contributed by atoms with Crippen LogP contribution in [-0.4, -0.2) is 76.7 Å². The maximum atomic E-state index is 6.23. The number of para-hydroxylation sites is 1. The first kappa shape index (κ1) is 22.3. The van der Waals surface area contributed by atoms with Gasteiger partial charge in [0, 0.05) is 62.4 Å². The summed E-state index contributed by atoms with van der Waals surface area (Å²) in [7, 11) is 4.26. The number of anilines is 5. The van der Waals surface area contributed by atoms with Gasteiger partial charge in [0.15, 0.2) is 5.82 Å². The Morgan fingerprint density at radius 3 is 2.47 bits per heavy atom. The number of hydrogen-bond acceptors (Lipinski definition) is 9. The number of likely N-dealkylation sites (N-methyl/N-ethyl adjacent to an activating group) is 2. The van der Waals surface area contributed by atoms with Gasteiger partial charge in [-0.1, -0.05) is 18.2 Å². The standard InChI is InChI=1S/C26H30N10/c1-33-13-15-35(16-14-33)20-9-7-19(8-10-20)28-26-29-25(27)36(32-26)23-17-18-11-12-34(2)22-6-4-3-5-21(22)24(18)31-30-23/h3-10,17H,11-16H2,1-2H3,(H3,27,28,29,32). The highest BCUT2D eigenvalue weighted by Crippen LogP contribution is 2.34. The number of nitrogens with zero attached hydrogens (tertiary/aromatic N) is 8. The van der Waals surface area contributed by atoms with Crippen LogP contribution in [0.15, 0.2) is 54.6 Å².